The number of amides is 2. The molecule has 8 nitrogen and oxygen atoms in total. The van der Waals surface area contributed by atoms with E-state index in [2.05, 4.69) is 15.3 Å². The number of thiocarbonyl (C=S) groups is 1. The first-order chi connectivity index (χ1) is 10.6. The summed E-state index contributed by atoms with van der Waals surface area (Å²) in [5, 5.41) is 2.54. The average molecular weight is 340 g/mol. The molecule has 2 amide bonds. The molecule has 22 heavy (non-hydrogen) atoms. The Morgan fingerprint density at radius 1 is 1.45 bits per heavy atom. The molecule has 0 unspecified atom stereocenters. The van der Waals surface area contributed by atoms with Gasteiger partial charge in [-0.2, -0.15) is 0 Å². The van der Waals surface area contributed by atoms with E-state index in [0.717, 1.165) is 0 Å². The maximum Gasteiger partial charge on any atom is 0.359 e. The van der Waals surface area contributed by atoms with E-state index >= 15 is 0 Å². The fraction of sp³-hybridized carbons (Fsp3) is 0.333. The molecule has 1 N–H and O–H groups in total. The number of carbonyl (C=O) groups is 3. The molecule has 0 atom stereocenters. The van der Waals surface area contributed by atoms with Crippen LogP contribution < -0.4 is 5.32 Å². The topological polar surface area (TPSA) is 101 Å². The van der Waals surface area contributed by atoms with Crippen molar-refractivity contribution in [2.24, 2.45) is 0 Å². The van der Waals surface area contributed by atoms with Gasteiger partial charge in [0.1, 0.15) is 4.32 Å². The molecule has 0 spiro atoms. The molecule has 1 fully saturated rings. The van der Waals surface area contributed by atoms with E-state index in [-0.39, 0.29) is 18.1 Å². The van der Waals surface area contributed by atoms with Crippen molar-refractivity contribution in [1.29, 1.82) is 0 Å². The third kappa shape index (κ3) is 4.46. The van der Waals surface area contributed by atoms with Crippen molar-refractivity contribution in [3.63, 3.8) is 0 Å². The van der Waals surface area contributed by atoms with Gasteiger partial charge in [0, 0.05) is 25.5 Å². The van der Waals surface area contributed by atoms with Crippen molar-refractivity contribution >= 4 is 46.1 Å². The lowest BCUT2D eigenvalue weighted by molar-refractivity contribution is -0.126. The Morgan fingerprint density at radius 3 is 2.91 bits per heavy atom. The number of aromatic nitrogens is 2. The van der Waals surface area contributed by atoms with Crippen molar-refractivity contribution in [2.75, 3.05) is 25.4 Å². The van der Waals surface area contributed by atoms with E-state index in [4.69, 9.17) is 17.0 Å². The molecule has 1 aromatic rings. The molecule has 0 saturated carbocycles. The van der Waals surface area contributed by atoms with Crippen molar-refractivity contribution < 1.29 is 19.1 Å². The lowest BCUT2D eigenvalue weighted by atomic mass is 10.4. The summed E-state index contributed by atoms with van der Waals surface area (Å²) in [5.74, 6) is -0.931. The third-order valence-corrected chi connectivity index (χ3v) is 4.04. The van der Waals surface area contributed by atoms with Crippen molar-refractivity contribution in [3.8, 4) is 0 Å². The Hall–Kier alpha value is -2.07. The molecule has 1 saturated heterocycles. The van der Waals surface area contributed by atoms with E-state index in [9.17, 15) is 14.4 Å². The fourth-order valence-corrected chi connectivity index (χ4v) is 2.69. The molecular weight excluding hydrogens is 328 g/mol. The monoisotopic (exact) mass is 340 g/mol. The van der Waals surface area contributed by atoms with Gasteiger partial charge >= 0.3 is 5.97 Å². The van der Waals surface area contributed by atoms with Gasteiger partial charge in [-0.3, -0.25) is 19.5 Å². The lowest BCUT2D eigenvalue weighted by Gasteiger charge is -2.15. The predicted molar refractivity (Wildman–Crippen MR) is 82.1 cm³/mol. The predicted octanol–water partition coefficient (Wildman–Crippen LogP) is -0.390. The molecule has 2 heterocycles. The Bertz CT molecular complexity index is 580. The number of hydrogen-bond acceptors (Lipinski definition) is 8. The van der Waals surface area contributed by atoms with E-state index in [1.807, 2.05) is 0 Å². The number of carbonyl (C=O) groups excluding carboxylic acids is 3. The van der Waals surface area contributed by atoms with Crippen LogP contribution in [0, 0.1) is 0 Å². The summed E-state index contributed by atoms with van der Waals surface area (Å²) in [4.78, 5) is 43.5. The first-order valence-corrected chi connectivity index (χ1v) is 7.64. The van der Waals surface area contributed by atoms with Crippen LogP contribution >= 0.6 is 24.0 Å². The second-order valence-corrected chi connectivity index (χ2v) is 5.73. The van der Waals surface area contributed by atoms with Crippen LogP contribution in [-0.2, 0) is 14.3 Å². The number of nitrogens with zero attached hydrogens (tertiary/aromatic N) is 3. The van der Waals surface area contributed by atoms with Gasteiger partial charge in [-0.25, -0.2) is 9.78 Å². The van der Waals surface area contributed by atoms with Gasteiger partial charge in [0.15, 0.2) is 12.3 Å². The zero-order valence-corrected chi connectivity index (χ0v) is 13.0. The molecular formula is C12H12N4O4S2. The van der Waals surface area contributed by atoms with Crippen LogP contribution in [0.2, 0.25) is 0 Å². The lowest BCUT2D eigenvalue weighted by Crippen LogP contribution is -2.38. The number of nitrogens with one attached hydrogen (secondary N) is 1. The minimum absolute atomic E-state index is 0.0281. The zero-order valence-electron chi connectivity index (χ0n) is 11.4. The summed E-state index contributed by atoms with van der Waals surface area (Å²) in [5.41, 5.74) is 0.0281. The van der Waals surface area contributed by atoms with Crippen molar-refractivity contribution in [3.05, 3.63) is 24.3 Å². The summed E-state index contributed by atoms with van der Waals surface area (Å²) in [6, 6.07) is 0. The van der Waals surface area contributed by atoms with Gasteiger partial charge in [0.25, 0.3) is 5.91 Å². The Kier molecular flexibility index (Phi) is 5.78. The van der Waals surface area contributed by atoms with Gasteiger partial charge in [-0.15, -0.1) is 0 Å². The fourth-order valence-electron chi connectivity index (χ4n) is 1.56. The van der Waals surface area contributed by atoms with Crippen molar-refractivity contribution in [1.82, 2.24) is 20.2 Å². The molecule has 2 rings (SSSR count). The first kappa shape index (κ1) is 16.3. The first-order valence-electron chi connectivity index (χ1n) is 6.25. The van der Waals surface area contributed by atoms with Crippen LogP contribution in [-0.4, -0.2) is 62.4 Å². The van der Waals surface area contributed by atoms with E-state index in [0.29, 0.717) is 16.6 Å². The van der Waals surface area contributed by atoms with E-state index < -0.39 is 18.5 Å². The van der Waals surface area contributed by atoms with E-state index in [1.54, 1.807) is 0 Å². The zero-order chi connectivity index (χ0) is 15.9. The van der Waals surface area contributed by atoms with Crippen LogP contribution in [0.3, 0.4) is 0 Å². The van der Waals surface area contributed by atoms with Gasteiger partial charge in [-0.1, -0.05) is 24.0 Å². The summed E-state index contributed by atoms with van der Waals surface area (Å²) in [6.07, 6.45) is 4.02. The summed E-state index contributed by atoms with van der Waals surface area (Å²) >= 11 is 6.31. The molecule has 0 radical (unpaired) electrons. The summed E-state index contributed by atoms with van der Waals surface area (Å²) in [7, 11) is 0. The highest BCUT2D eigenvalue weighted by Gasteiger charge is 2.25. The number of thioether (sulfide) groups is 1. The highest BCUT2D eigenvalue weighted by molar-refractivity contribution is 8.23. The van der Waals surface area contributed by atoms with E-state index in [1.165, 1.54) is 35.3 Å². The SMILES string of the molecule is O=C(COC(=O)c1cnccn1)NCCN1C(=O)CSC1=S. The number of hydrogen-bond donors (Lipinski definition) is 1. The maximum atomic E-state index is 11.5. The molecule has 1 aliphatic rings. The second-order valence-electron chi connectivity index (χ2n) is 4.12. The molecule has 10 heteroatoms. The molecule has 0 aliphatic carbocycles. The Morgan fingerprint density at radius 2 is 2.27 bits per heavy atom. The third-order valence-electron chi connectivity index (χ3n) is 2.60. The van der Waals surface area contributed by atoms with Crippen LogP contribution in [0.5, 0.6) is 0 Å². The molecule has 1 aromatic heterocycles. The average Bonchev–Trinajstić information content (AvgIpc) is 2.85. The highest BCUT2D eigenvalue weighted by atomic mass is 32.2. The summed E-state index contributed by atoms with van der Waals surface area (Å²) < 4.78 is 5.30. The standard InChI is InChI=1S/C12H12N4O4S2/c17-9(6-20-11(19)8-5-13-1-2-14-8)15-3-4-16-10(18)7-22-12(16)21/h1-2,5H,3-4,6-7H2,(H,15,17). The molecule has 0 bridgehead atoms. The van der Waals surface area contributed by atoms with Gasteiger partial charge in [-0.05, 0) is 0 Å². The quantitative estimate of drug-likeness (QED) is 0.552. The number of esters is 1. The van der Waals surface area contributed by atoms with Crippen LogP contribution in [0.1, 0.15) is 10.5 Å². The normalized spacial score (nSPS) is 14.1. The largest absolute Gasteiger partial charge is 0.451 e. The number of ether oxygens (including phenoxy) is 1. The smallest absolute Gasteiger partial charge is 0.359 e. The highest BCUT2D eigenvalue weighted by Crippen LogP contribution is 2.18. The maximum absolute atomic E-state index is 11.5. The van der Waals surface area contributed by atoms with Gasteiger partial charge < -0.3 is 10.1 Å². The Labute approximate surface area is 135 Å². The Balaban J connectivity index is 1.67. The van der Waals surface area contributed by atoms with Crippen molar-refractivity contribution in [2.45, 2.75) is 0 Å². The minimum atomic E-state index is -0.726. The van der Waals surface area contributed by atoms with Crippen LogP contribution in [0.15, 0.2) is 18.6 Å². The van der Waals surface area contributed by atoms with Crippen LogP contribution in [0.4, 0.5) is 0 Å². The molecule has 116 valence electrons. The summed E-state index contributed by atoms with van der Waals surface area (Å²) in [6.45, 7) is 0.102. The van der Waals surface area contributed by atoms with Crippen LogP contribution in [0.25, 0.3) is 0 Å². The van der Waals surface area contributed by atoms with Gasteiger partial charge in [0.2, 0.25) is 5.91 Å². The minimum Gasteiger partial charge on any atom is -0.451 e. The molecule has 0 aromatic carbocycles. The number of rotatable bonds is 6. The molecule has 1 aliphatic heterocycles. The second kappa shape index (κ2) is 7.80. The van der Waals surface area contributed by atoms with Gasteiger partial charge in [0.05, 0.1) is 11.9 Å².